The molecule has 0 aliphatic rings. The summed E-state index contributed by atoms with van der Waals surface area (Å²) in [6.45, 7) is 4.33. The lowest BCUT2D eigenvalue weighted by atomic mass is 10.4. The third-order valence-electron chi connectivity index (χ3n) is 2.37. The topological polar surface area (TPSA) is 75.9 Å². The first-order chi connectivity index (χ1) is 8.19. The second kappa shape index (κ2) is 4.82. The van der Waals surface area contributed by atoms with Crippen LogP contribution < -0.4 is 10.6 Å². The molecular weight excluding hydrogens is 218 g/mol. The molecule has 0 bridgehead atoms. The monoisotopic (exact) mass is 233 g/mol. The van der Waals surface area contributed by atoms with Gasteiger partial charge < -0.3 is 15.1 Å². The van der Waals surface area contributed by atoms with Crippen LogP contribution in [0.25, 0.3) is 0 Å². The fraction of sp³-hybridized carbons (Fsp3) is 0.364. The number of aromatic nitrogens is 3. The van der Waals surface area contributed by atoms with E-state index in [4.69, 9.17) is 4.42 Å². The number of nitrogens with one attached hydrogen (secondary N) is 2. The fourth-order valence-electron chi connectivity index (χ4n) is 1.36. The van der Waals surface area contributed by atoms with Gasteiger partial charge in [-0.25, -0.2) is 9.97 Å². The zero-order chi connectivity index (χ0) is 12.3. The van der Waals surface area contributed by atoms with E-state index in [0.29, 0.717) is 18.4 Å². The summed E-state index contributed by atoms with van der Waals surface area (Å²) in [5.74, 6) is 2.82. The SMILES string of the molecule is CNc1nccc(NCc2nc(C)c(C)o2)n1. The molecule has 0 saturated heterocycles. The number of anilines is 2. The van der Waals surface area contributed by atoms with Gasteiger partial charge in [-0.05, 0) is 19.9 Å². The second-order valence-corrected chi connectivity index (χ2v) is 3.62. The summed E-state index contributed by atoms with van der Waals surface area (Å²) in [6.07, 6.45) is 1.69. The smallest absolute Gasteiger partial charge is 0.224 e. The van der Waals surface area contributed by atoms with Gasteiger partial charge in [-0.15, -0.1) is 0 Å². The first kappa shape index (κ1) is 11.4. The molecule has 2 aromatic heterocycles. The quantitative estimate of drug-likeness (QED) is 0.837. The summed E-state index contributed by atoms with van der Waals surface area (Å²) >= 11 is 0. The van der Waals surface area contributed by atoms with Crippen molar-refractivity contribution in [1.29, 1.82) is 0 Å². The Morgan fingerprint density at radius 2 is 2.12 bits per heavy atom. The zero-order valence-electron chi connectivity index (χ0n) is 10.1. The van der Waals surface area contributed by atoms with Crippen molar-refractivity contribution in [2.45, 2.75) is 20.4 Å². The van der Waals surface area contributed by atoms with E-state index in [-0.39, 0.29) is 0 Å². The maximum absolute atomic E-state index is 5.46. The predicted molar refractivity (Wildman–Crippen MR) is 64.9 cm³/mol. The minimum atomic E-state index is 0.509. The normalized spacial score (nSPS) is 10.3. The third kappa shape index (κ3) is 2.72. The Morgan fingerprint density at radius 3 is 2.76 bits per heavy atom. The molecule has 6 heteroatoms. The van der Waals surface area contributed by atoms with Crippen LogP contribution in [0.5, 0.6) is 0 Å². The largest absolute Gasteiger partial charge is 0.444 e. The van der Waals surface area contributed by atoms with Crippen LogP contribution in [0.3, 0.4) is 0 Å². The van der Waals surface area contributed by atoms with Crippen molar-refractivity contribution < 1.29 is 4.42 Å². The van der Waals surface area contributed by atoms with Crippen molar-refractivity contribution >= 4 is 11.8 Å². The van der Waals surface area contributed by atoms with Gasteiger partial charge in [-0.1, -0.05) is 0 Å². The van der Waals surface area contributed by atoms with Crippen molar-refractivity contribution in [2.24, 2.45) is 0 Å². The van der Waals surface area contributed by atoms with E-state index in [0.717, 1.165) is 17.3 Å². The minimum Gasteiger partial charge on any atom is -0.444 e. The number of nitrogens with zero attached hydrogens (tertiary/aromatic N) is 3. The average molecular weight is 233 g/mol. The Morgan fingerprint density at radius 1 is 1.29 bits per heavy atom. The van der Waals surface area contributed by atoms with E-state index >= 15 is 0 Å². The van der Waals surface area contributed by atoms with Crippen LogP contribution in [0, 0.1) is 13.8 Å². The molecule has 0 aromatic carbocycles. The summed E-state index contributed by atoms with van der Waals surface area (Å²) in [5.41, 5.74) is 0.917. The molecule has 0 atom stereocenters. The summed E-state index contributed by atoms with van der Waals surface area (Å²) < 4.78 is 5.46. The van der Waals surface area contributed by atoms with Crippen LogP contribution in [0.4, 0.5) is 11.8 Å². The molecule has 0 aliphatic carbocycles. The number of oxazole rings is 1. The zero-order valence-corrected chi connectivity index (χ0v) is 10.1. The van der Waals surface area contributed by atoms with Crippen molar-refractivity contribution in [2.75, 3.05) is 17.7 Å². The highest BCUT2D eigenvalue weighted by Gasteiger charge is 2.05. The van der Waals surface area contributed by atoms with Crippen LogP contribution in [0.15, 0.2) is 16.7 Å². The van der Waals surface area contributed by atoms with Crippen LogP contribution in [-0.4, -0.2) is 22.0 Å². The Bertz CT molecular complexity index is 489. The van der Waals surface area contributed by atoms with Crippen molar-refractivity contribution in [3.05, 3.63) is 29.6 Å². The summed E-state index contributed by atoms with van der Waals surface area (Å²) in [5, 5.41) is 6.01. The molecule has 0 fully saturated rings. The van der Waals surface area contributed by atoms with Gasteiger partial charge in [0.2, 0.25) is 11.8 Å². The molecule has 0 radical (unpaired) electrons. The fourth-order valence-corrected chi connectivity index (χ4v) is 1.36. The van der Waals surface area contributed by atoms with Crippen molar-refractivity contribution in [1.82, 2.24) is 15.0 Å². The van der Waals surface area contributed by atoms with E-state index in [9.17, 15) is 0 Å². The van der Waals surface area contributed by atoms with E-state index in [1.54, 1.807) is 19.3 Å². The molecule has 17 heavy (non-hydrogen) atoms. The minimum absolute atomic E-state index is 0.509. The first-order valence-electron chi connectivity index (χ1n) is 5.36. The molecule has 0 saturated carbocycles. The van der Waals surface area contributed by atoms with Gasteiger partial charge in [0.25, 0.3) is 0 Å². The number of hydrogen-bond acceptors (Lipinski definition) is 6. The van der Waals surface area contributed by atoms with Gasteiger partial charge in [0, 0.05) is 13.2 Å². The van der Waals surface area contributed by atoms with Gasteiger partial charge in [-0.3, -0.25) is 0 Å². The predicted octanol–water partition coefficient (Wildman–Crippen LogP) is 1.74. The maximum Gasteiger partial charge on any atom is 0.224 e. The number of aryl methyl sites for hydroxylation is 2. The molecular formula is C11H15N5O. The first-order valence-corrected chi connectivity index (χ1v) is 5.36. The molecule has 2 heterocycles. The molecule has 90 valence electrons. The van der Waals surface area contributed by atoms with Crippen LogP contribution in [0.2, 0.25) is 0 Å². The summed E-state index contributed by atoms with van der Waals surface area (Å²) in [7, 11) is 1.78. The lowest BCUT2D eigenvalue weighted by Gasteiger charge is -2.04. The maximum atomic E-state index is 5.46. The number of hydrogen-bond donors (Lipinski definition) is 2. The van der Waals surface area contributed by atoms with E-state index in [2.05, 4.69) is 25.6 Å². The molecule has 0 aliphatic heterocycles. The van der Waals surface area contributed by atoms with Crippen LogP contribution in [-0.2, 0) is 6.54 Å². The Hall–Kier alpha value is -2.11. The average Bonchev–Trinajstić information content (AvgIpc) is 2.67. The lowest BCUT2D eigenvalue weighted by Crippen LogP contribution is -2.04. The standard InChI is InChI=1S/C11H15N5O/c1-7-8(2)17-10(15-7)6-14-9-4-5-13-11(12-3)16-9/h4-5H,6H2,1-3H3,(H2,12,13,14,16). The summed E-state index contributed by atoms with van der Waals surface area (Å²) in [6, 6.07) is 1.80. The molecule has 2 rings (SSSR count). The Balaban J connectivity index is 2.01. The molecule has 6 nitrogen and oxygen atoms in total. The van der Waals surface area contributed by atoms with Crippen molar-refractivity contribution in [3.63, 3.8) is 0 Å². The summed E-state index contributed by atoms with van der Waals surface area (Å²) in [4.78, 5) is 12.5. The van der Waals surface area contributed by atoms with Gasteiger partial charge in [-0.2, -0.15) is 4.98 Å². The Labute approximate surface area is 99.5 Å². The van der Waals surface area contributed by atoms with Gasteiger partial charge in [0.15, 0.2) is 0 Å². The molecule has 0 unspecified atom stereocenters. The molecule has 2 aromatic rings. The lowest BCUT2D eigenvalue weighted by molar-refractivity contribution is 0.478. The van der Waals surface area contributed by atoms with E-state index in [1.165, 1.54) is 0 Å². The van der Waals surface area contributed by atoms with Crippen LogP contribution in [0.1, 0.15) is 17.3 Å². The third-order valence-corrected chi connectivity index (χ3v) is 2.37. The molecule has 2 N–H and O–H groups in total. The molecule has 0 spiro atoms. The van der Waals surface area contributed by atoms with Crippen molar-refractivity contribution in [3.8, 4) is 0 Å². The highest BCUT2D eigenvalue weighted by atomic mass is 16.4. The van der Waals surface area contributed by atoms with E-state index in [1.807, 2.05) is 13.8 Å². The van der Waals surface area contributed by atoms with Gasteiger partial charge in [0.1, 0.15) is 11.6 Å². The van der Waals surface area contributed by atoms with Gasteiger partial charge in [0.05, 0.1) is 12.2 Å². The number of rotatable bonds is 4. The van der Waals surface area contributed by atoms with Gasteiger partial charge >= 0.3 is 0 Å². The van der Waals surface area contributed by atoms with E-state index < -0.39 is 0 Å². The Kier molecular flexibility index (Phi) is 3.22. The highest BCUT2D eigenvalue weighted by molar-refractivity contribution is 5.39. The van der Waals surface area contributed by atoms with Crippen LogP contribution >= 0.6 is 0 Å². The molecule has 0 amide bonds. The second-order valence-electron chi connectivity index (χ2n) is 3.62. The highest BCUT2D eigenvalue weighted by Crippen LogP contribution is 2.11.